The second-order valence-electron chi connectivity index (χ2n) is 5.80. The van der Waals surface area contributed by atoms with E-state index < -0.39 is 0 Å². The molecule has 0 atom stereocenters. The van der Waals surface area contributed by atoms with Crippen LogP contribution in [0.3, 0.4) is 0 Å². The minimum atomic E-state index is -0.0400. The van der Waals surface area contributed by atoms with E-state index in [1.54, 1.807) is 0 Å². The number of nitrogens with zero attached hydrogens (tertiary/aromatic N) is 2. The van der Waals surface area contributed by atoms with Crippen LogP contribution in [-0.2, 0) is 11.3 Å². The molecule has 2 N–H and O–H groups in total. The van der Waals surface area contributed by atoms with Crippen LogP contribution < -0.4 is 5.32 Å². The van der Waals surface area contributed by atoms with Crippen LogP contribution in [0.5, 0.6) is 0 Å². The van der Waals surface area contributed by atoms with Crippen molar-refractivity contribution in [1.29, 1.82) is 0 Å². The summed E-state index contributed by atoms with van der Waals surface area (Å²) in [5.74, 6) is 0.907. The zero-order valence-corrected chi connectivity index (χ0v) is 15.3. The highest BCUT2D eigenvalue weighted by atomic mass is 32.2. The molecule has 0 saturated carbocycles. The van der Waals surface area contributed by atoms with Crippen molar-refractivity contribution in [1.82, 2.24) is 20.5 Å². The van der Waals surface area contributed by atoms with E-state index in [0.29, 0.717) is 17.5 Å². The van der Waals surface area contributed by atoms with Gasteiger partial charge in [-0.3, -0.25) is 9.89 Å². The van der Waals surface area contributed by atoms with Gasteiger partial charge >= 0.3 is 0 Å². The fraction of sp³-hybridized carbons (Fsp3) is 0.150. The van der Waals surface area contributed by atoms with Crippen LogP contribution in [0.25, 0.3) is 12.2 Å². The summed E-state index contributed by atoms with van der Waals surface area (Å²) >= 11 is 1.31. The van der Waals surface area contributed by atoms with Crippen LogP contribution in [0, 0.1) is 6.92 Å². The Bertz CT molecular complexity index is 872. The van der Waals surface area contributed by atoms with Crippen molar-refractivity contribution < 1.29 is 4.79 Å². The number of aromatic amines is 1. The maximum absolute atomic E-state index is 12.0. The van der Waals surface area contributed by atoms with E-state index in [4.69, 9.17) is 0 Å². The summed E-state index contributed by atoms with van der Waals surface area (Å²) in [6.07, 6.45) is 3.83. The normalized spacial score (nSPS) is 11.0. The van der Waals surface area contributed by atoms with Crippen LogP contribution in [0.4, 0.5) is 0 Å². The van der Waals surface area contributed by atoms with Gasteiger partial charge in [-0.05, 0) is 24.1 Å². The largest absolute Gasteiger partial charge is 0.351 e. The second-order valence-corrected chi connectivity index (χ2v) is 6.74. The zero-order chi connectivity index (χ0) is 18.2. The van der Waals surface area contributed by atoms with Crippen molar-refractivity contribution in [3.8, 4) is 0 Å². The molecule has 1 amide bonds. The molecule has 0 spiro atoms. The Balaban J connectivity index is 1.44. The van der Waals surface area contributed by atoms with Crippen molar-refractivity contribution in [3.05, 3.63) is 77.1 Å². The number of carbonyl (C=O) groups excluding carboxylic acids is 1. The average molecular weight is 364 g/mol. The summed E-state index contributed by atoms with van der Waals surface area (Å²) in [5, 5.41) is 10.4. The van der Waals surface area contributed by atoms with E-state index in [0.717, 1.165) is 11.1 Å². The molecule has 0 fully saturated rings. The van der Waals surface area contributed by atoms with Gasteiger partial charge in [0.2, 0.25) is 11.1 Å². The van der Waals surface area contributed by atoms with Crippen LogP contribution in [-0.4, -0.2) is 26.8 Å². The first-order valence-corrected chi connectivity index (χ1v) is 9.28. The molecule has 0 aliphatic heterocycles. The highest BCUT2D eigenvalue weighted by Gasteiger charge is 2.06. The Morgan fingerprint density at radius 2 is 1.88 bits per heavy atom. The standard InChI is InChI=1S/C20H20N4OS/c1-15-7-9-17(10-8-15)13-21-19(25)14-26-20-22-18(23-24-20)12-11-16-5-3-2-4-6-16/h2-12H,13-14H2,1H3,(H,21,25)(H,22,23,24)/b12-11+. The predicted molar refractivity (Wildman–Crippen MR) is 106 cm³/mol. The molecular formula is C20H20N4OS. The minimum Gasteiger partial charge on any atom is -0.351 e. The first kappa shape index (κ1) is 17.9. The zero-order valence-electron chi connectivity index (χ0n) is 14.5. The van der Waals surface area contributed by atoms with Crippen LogP contribution >= 0.6 is 11.8 Å². The lowest BCUT2D eigenvalue weighted by Crippen LogP contribution is -2.24. The Morgan fingerprint density at radius 3 is 2.65 bits per heavy atom. The lowest BCUT2D eigenvalue weighted by molar-refractivity contribution is -0.118. The summed E-state index contributed by atoms with van der Waals surface area (Å²) in [4.78, 5) is 16.3. The molecule has 2 aromatic carbocycles. The average Bonchev–Trinajstić information content (AvgIpc) is 3.13. The van der Waals surface area contributed by atoms with E-state index in [2.05, 4.69) is 20.5 Å². The monoisotopic (exact) mass is 364 g/mol. The minimum absolute atomic E-state index is 0.0400. The first-order valence-electron chi connectivity index (χ1n) is 8.29. The van der Waals surface area contributed by atoms with E-state index in [1.165, 1.54) is 17.3 Å². The van der Waals surface area contributed by atoms with Gasteiger partial charge in [0.25, 0.3) is 0 Å². The van der Waals surface area contributed by atoms with Gasteiger partial charge < -0.3 is 5.32 Å². The van der Waals surface area contributed by atoms with Crippen molar-refractivity contribution in [2.75, 3.05) is 5.75 Å². The number of thioether (sulfide) groups is 1. The highest BCUT2D eigenvalue weighted by Crippen LogP contribution is 2.13. The summed E-state index contributed by atoms with van der Waals surface area (Å²) in [7, 11) is 0. The van der Waals surface area contributed by atoms with Gasteiger partial charge in [0.1, 0.15) is 5.82 Å². The number of aromatic nitrogens is 3. The molecule has 0 unspecified atom stereocenters. The molecule has 5 nitrogen and oxygen atoms in total. The first-order chi connectivity index (χ1) is 12.7. The summed E-state index contributed by atoms with van der Waals surface area (Å²) in [6.45, 7) is 2.57. The highest BCUT2D eigenvalue weighted by molar-refractivity contribution is 7.99. The van der Waals surface area contributed by atoms with E-state index in [1.807, 2.05) is 73.7 Å². The third-order valence-corrected chi connectivity index (χ3v) is 4.51. The second kappa shape index (κ2) is 9.01. The predicted octanol–water partition coefficient (Wildman–Crippen LogP) is 3.69. The quantitative estimate of drug-likeness (QED) is 0.627. The van der Waals surface area contributed by atoms with E-state index in [-0.39, 0.29) is 11.7 Å². The van der Waals surface area contributed by atoms with Crippen LogP contribution in [0.1, 0.15) is 22.5 Å². The van der Waals surface area contributed by atoms with Crippen LogP contribution in [0.15, 0.2) is 59.8 Å². The van der Waals surface area contributed by atoms with E-state index in [9.17, 15) is 4.79 Å². The van der Waals surface area contributed by atoms with E-state index >= 15 is 0 Å². The molecule has 0 bridgehead atoms. The number of hydrogen-bond acceptors (Lipinski definition) is 4. The van der Waals surface area contributed by atoms with Gasteiger partial charge in [-0.15, -0.1) is 5.10 Å². The van der Waals surface area contributed by atoms with Gasteiger partial charge in [-0.2, -0.15) is 0 Å². The number of H-pyrrole nitrogens is 1. The smallest absolute Gasteiger partial charge is 0.230 e. The van der Waals surface area contributed by atoms with Gasteiger partial charge in [0, 0.05) is 6.54 Å². The SMILES string of the molecule is Cc1ccc(CNC(=O)CSc2n[nH]c(/C=C/c3ccccc3)n2)cc1. The number of rotatable bonds is 7. The van der Waals surface area contributed by atoms with Gasteiger partial charge in [0.05, 0.1) is 5.75 Å². The number of carbonyl (C=O) groups is 1. The lowest BCUT2D eigenvalue weighted by Gasteiger charge is -2.04. The molecule has 0 aliphatic carbocycles. The number of nitrogens with one attached hydrogen (secondary N) is 2. The summed E-state index contributed by atoms with van der Waals surface area (Å²) < 4.78 is 0. The molecule has 0 saturated heterocycles. The fourth-order valence-electron chi connectivity index (χ4n) is 2.22. The molecule has 132 valence electrons. The molecule has 0 aliphatic rings. The van der Waals surface area contributed by atoms with Crippen molar-refractivity contribution in [2.45, 2.75) is 18.6 Å². The molecule has 6 heteroatoms. The topological polar surface area (TPSA) is 70.7 Å². The lowest BCUT2D eigenvalue weighted by atomic mass is 10.1. The van der Waals surface area contributed by atoms with Crippen LogP contribution in [0.2, 0.25) is 0 Å². The molecule has 3 rings (SSSR count). The third kappa shape index (κ3) is 5.60. The molecule has 26 heavy (non-hydrogen) atoms. The molecule has 1 heterocycles. The maximum atomic E-state index is 12.0. The summed E-state index contributed by atoms with van der Waals surface area (Å²) in [6, 6.07) is 18.1. The Labute approximate surface area is 156 Å². The van der Waals surface area contributed by atoms with Crippen molar-refractivity contribution in [2.24, 2.45) is 0 Å². The Kier molecular flexibility index (Phi) is 6.22. The maximum Gasteiger partial charge on any atom is 0.230 e. The number of benzene rings is 2. The van der Waals surface area contributed by atoms with Gasteiger partial charge in [-0.1, -0.05) is 78.0 Å². The van der Waals surface area contributed by atoms with Crippen molar-refractivity contribution >= 4 is 29.8 Å². The number of aryl methyl sites for hydroxylation is 1. The molecular weight excluding hydrogens is 344 g/mol. The Hall–Kier alpha value is -2.86. The molecule has 1 aromatic heterocycles. The van der Waals surface area contributed by atoms with Gasteiger partial charge in [-0.25, -0.2) is 4.98 Å². The summed E-state index contributed by atoms with van der Waals surface area (Å²) in [5.41, 5.74) is 3.38. The van der Waals surface area contributed by atoms with Gasteiger partial charge in [0.15, 0.2) is 0 Å². The number of amides is 1. The Morgan fingerprint density at radius 1 is 1.12 bits per heavy atom. The molecule has 3 aromatic rings. The number of hydrogen-bond donors (Lipinski definition) is 2. The molecule has 0 radical (unpaired) electrons. The third-order valence-electron chi connectivity index (χ3n) is 3.66. The van der Waals surface area contributed by atoms with Crippen molar-refractivity contribution in [3.63, 3.8) is 0 Å². The fourth-order valence-corrected chi connectivity index (χ4v) is 2.86.